The highest BCUT2D eigenvalue weighted by atomic mass is 35.5. The van der Waals surface area contributed by atoms with Crippen LogP contribution in [-0.4, -0.2) is 47.6 Å². The SMILES string of the molecule is COCCNC(=NCc1nonc1C(=N)N(O)c1ccc(F)c(Cl)c1)NC#N. The van der Waals surface area contributed by atoms with Gasteiger partial charge in [-0.05, 0) is 23.4 Å². The van der Waals surface area contributed by atoms with Crippen molar-refractivity contribution < 1.29 is 19.0 Å². The van der Waals surface area contributed by atoms with E-state index in [0.29, 0.717) is 18.2 Å². The van der Waals surface area contributed by atoms with Crippen molar-refractivity contribution in [2.75, 3.05) is 25.3 Å². The third-order valence-electron chi connectivity index (χ3n) is 3.30. The van der Waals surface area contributed by atoms with Crippen LogP contribution in [0.4, 0.5) is 10.1 Å². The van der Waals surface area contributed by atoms with Crippen LogP contribution in [0, 0.1) is 22.7 Å². The molecule has 13 heteroatoms. The Hall–Kier alpha value is -3.27. The summed E-state index contributed by atoms with van der Waals surface area (Å²) in [6, 6.07) is 3.42. The molecule has 2 aromatic rings. The molecule has 0 fully saturated rings. The van der Waals surface area contributed by atoms with Crippen LogP contribution in [0.5, 0.6) is 0 Å². The van der Waals surface area contributed by atoms with E-state index < -0.39 is 11.7 Å². The summed E-state index contributed by atoms with van der Waals surface area (Å²) in [6.45, 7) is 0.690. The molecule has 0 aliphatic carbocycles. The van der Waals surface area contributed by atoms with Gasteiger partial charge in [0.1, 0.15) is 11.5 Å². The smallest absolute Gasteiger partial charge is 0.205 e. The average Bonchev–Trinajstić information content (AvgIpc) is 3.15. The Morgan fingerprint density at radius 1 is 1.54 bits per heavy atom. The molecule has 4 N–H and O–H groups in total. The number of nitrogens with zero attached hydrogens (tertiary/aromatic N) is 5. The first-order valence-corrected chi connectivity index (χ1v) is 8.12. The molecule has 0 unspecified atom stereocenters. The topological polar surface area (TPSA) is 156 Å². The first-order chi connectivity index (χ1) is 13.5. The number of guanidine groups is 1. The van der Waals surface area contributed by atoms with E-state index in [2.05, 4.69) is 30.6 Å². The van der Waals surface area contributed by atoms with E-state index in [9.17, 15) is 9.60 Å². The number of hydrogen-bond donors (Lipinski definition) is 4. The van der Waals surface area contributed by atoms with Gasteiger partial charge in [-0.1, -0.05) is 16.8 Å². The fraction of sp³-hybridized carbons (Fsp3) is 0.267. The summed E-state index contributed by atoms with van der Waals surface area (Å²) in [5.74, 6) is -0.996. The van der Waals surface area contributed by atoms with Crippen molar-refractivity contribution in [1.82, 2.24) is 20.9 Å². The average molecular weight is 411 g/mol. The van der Waals surface area contributed by atoms with E-state index in [-0.39, 0.29) is 34.6 Å². The summed E-state index contributed by atoms with van der Waals surface area (Å²) in [6.07, 6.45) is 1.73. The number of rotatable bonds is 7. The Morgan fingerprint density at radius 3 is 3.00 bits per heavy atom. The number of nitriles is 1. The minimum atomic E-state index is -0.665. The number of anilines is 1. The predicted octanol–water partition coefficient (Wildman–Crippen LogP) is 1.25. The van der Waals surface area contributed by atoms with Crippen molar-refractivity contribution in [3.8, 4) is 6.19 Å². The molecule has 0 atom stereocenters. The summed E-state index contributed by atoms with van der Waals surface area (Å²) in [7, 11) is 1.53. The number of aliphatic imine (C=N–C) groups is 1. The Kier molecular flexibility index (Phi) is 7.64. The molecule has 1 aromatic heterocycles. The number of hydroxylamine groups is 1. The zero-order valence-corrected chi connectivity index (χ0v) is 15.4. The second-order valence-corrected chi connectivity index (χ2v) is 5.55. The Morgan fingerprint density at radius 2 is 2.32 bits per heavy atom. The van der Waals surface area contributed by atoms with Gasteiger partial charge < -0.3 is 10.1 Å². The van der Waals surface area contributed by atoms with Gasteiger partial charge in [-0.15, -0.1) is 0 Å². The van der Waals surface area contributed by atoms with Gasteiger partial charge in [0.25, 0.3) is 0 Å². The van der Waals surface area contributed by atoms with Crippen LogP contribution in [0.3, 0.4) is 0 Å². The van der Waals surface area contributed by atoms with Crippen molar-refractivity contribution in [2.24, 2.45) is 4.99 Å². The summed E-state index contributed by atoms with van der Waals surface area (Å²) in [5, 5.41) is 39.7. The first-order valence-electron chi connectivity index (χ1n) is 7.74. The molecule has 1 aromatic carbocycles. The zero-order chi connectivity index (χ0) is 20.5. The first kappa shape index (κ1) is 21.0. The van der Waals surface area contributed by atoms with E-state index in [1.54, 1.807) is 6.19 Å². The molecule has 0 amide bonds. The monoisotopic (exact) mass is 410 g/mol. The summed E-state index contributed by atoms with van der Waals surface area (Å²) >= 11 is 5.69. The van der Waals surface area contributed by atoms with Crippen LogP contribution in [0.15, 0.2) is 27.8 Å². The molecule has 2 rings (SSSR count). The van der Waals surface area contributed by atoms with Gasteiger partial charge in [-0.3, -0.25) is 15.9 Å². The highest BCUT2D eigenvalue weighted by molar-refractivity contribution is 6.31. The summed E-state index contributed by atoms with van der Waals surface area (Å²) in [4.78, 5) is 4.11. The molecule has 0 saturated heterocycles. The molecule has 1 heterocycles. The standard InChI is InChI=1S/C15H16ClFN8O3/c1-27-5-4-20-15(22-8-18)21-7-12-13(24-28-23-12)14(19)25(26)9-2-3-11(17)10(16)6-9/h2-3,6,19,26H,4-5,7H2,1H3,(H2,20,21,22). The van der Waals surface area contributed by atoms with E-state index in [1.807, 2.05) is 0 Å². The fourth-order valence-electron chi connectivity index (χ4n) is 1.95. The number of methoxy groups -OCH3 is 1. The van der Waals surface area contributed by atoms with Crippen LogP contribution >= 0.6 is 11.6 Å². The maximum Gasteiger partial charge on any atom is 0.205 e. The number of halogens is 2. The molecule has 0 saturated carbocycles. The number of nitrogens with one attached hydrogen (secondary N) is 3. The van der Waals surface area contributed by atoms with Gasteiger partial charge in [0, 0.05) is 13.7 Å². The van der Waals surface area contributed by atoms with E-state index in [1.165, 1.54) is 13.2 Å². The molecular weight excluding hydrogens is 395 g/mol. The number of aromatic nitrogens is 2. The molecule has 11 nitrogen and oxygen atoms in total. The third-order valence-corrected chi connectivity index (χ3v) is 3.59. The highest BCUT2D eigenvalue weighted by Crippen LogP contribution is 2.23. The predicted molar refractivity (Wildman–Crippen MR) is 96.6 cm³/mol. The molecule has 0 radical (unpaired) electrons. The summed E-state index contributed by atoms with van der Waals surface area (Å²) in [5.41, 5.74) is 0.0739. The number of amidine groups is 1. The maximum atomic E-state index is 13.3. The lowest BCUT2D eigenvalue weighted by atomic mass is 10.2. The normalized spacial score (nSPS) is 11.0. The molecule has 0 aliphatic rings. The van der Waals surface area contributed by atoms with Crippen LogP contribution in [0.1, 0.15) is 11.4 Å². The molecule has 0 spiro atoms. The van der Waals surface area contributed by atoms with Crippen LogP contribution in [-0.2, 0) is 11.3 Å². The number of ether oxygens (including phenoxy) is 1. The van der Waals surface area contributed by atoms with Gasteiger partial charge in [0.2, 0.25) is 5.96 Å². The molecule has 148 valence electrons. The van der Waals surface area contributed by atoms with Gasteiger partial charge in [0.15, 0.2) is 17.7 Å². The Balaban J connectivity index is 2.15. The Bertz CT molecular complexity index is 898. The minimum Gasteiger partial charge on any atom is -0.383 e. The van der Waals surface area contributed by atoms with Crippen LogP contribution in [0.2, 0.25) is 5.02 Å². The molecular formula is C15H16ClFN8O3. The quantitative estimate of drug-likeness (QED) is 0.132. The van der Waals surface area contributed by atoms with Crippen molar-refractivity contribution in [2.45, 2.75) is 6.54 Å². The second-order valence-electron chi connectivity index (χ2n) is 5.14. The van der Waals surface area contributed by atoms with Gasteiger partial charge in [-0.2, -0.15) is 5.26 Å². The second kappa shape index (κ2) is 10.2. The number of hydrogen-bond acceptors (Lipinski definition) is 8. The van der Waals surface area contributed by atoms with Crippen molar-refractivity contribution >= 4 is 29.1 Å². The lowest BCUT2D eigenvalue weighted by Gasteiger charge is -2.16. The lowest BCUT2D eigenvalue weighted by Crippen LogP contribution is -2.36. The maximum absolute atomic E-state index is 13.3. The van der Waals surface area contributed by atoms with Crippen molar-refractivity contribution in [3.63, 3.8) is 0 Å². The Labute approximate surface area is 163 Å². The van der Waals surface area contributed by atoms with E-state index in [0.717, 1.165) is 12.1 Å². The highest BCUT2D eigenvalue weighted by Gasteiger charge is 2.21. The molecule has 28 heavy (non-hydrogen) atoms. The van der Waals surface area contributed by atoms with Crippen molar-refractivity contribution in [3.05, 3.63) is 40.4 Å². The third kappa shape index (κ3) is 5.36. The largest absolute Gasteiger partial charge is 0.383 e. The van der Waals surface area contributed by atoms with Crippen molar-refractivity contribution in [1.29, 1.82) is 10.7 Å². The van der Waals surface area contributed by atoms with Gasteiger partial charge in [-0.25, -0.2) is 19.1 Å². The van der Waals surface area contributed by atoms with Crippen LogP contribution in [0.25, 0.3) is 0 Å². The van der Waals surface area contributed by atoms with Gasteiger partial charge in [0.05, 0.1) is 23.9 Å². The fourth-order valence-corrected chi connectivity index (χ4v) is 2.13. The zero-order valence-electron chi connectivity index (χ0n) is 14.6. The molecule has 0 aliphatic heterocycles. The summed E-state index contributed by atoms with van der Waals surface area (Å²) < 4.78 is 22.8. The molecule has 0 bridgehead atoms. The van der Waals surface area contributed by atoms with Crippen LogP contribution < -0.4 is 15.7 Å². The van der Waals surface area contributed by atoms with E-state index in [4.69, 9.17) is 27.0 Å². The lowest BCUT2D eigenvalue weighted by molar-refractivity contribution is 0.203. The number of benzene rings is 1. The van der Waals surface area contributed by atoms with E-state index >= 15 is 0 Å². The van der Waals surface area contributed by atoms with Gasteiger partial charge >= 0.3 is 0 Å². The minimum absolute atomic E-state index is 0.0434.